The first-order chi connectivity index (χ1) is 4.47. The summed E-state index contributed by atoms with van der Waals surface area (Å²) < 4.78 is 0. The predicted molar refractivity (Wildman–Crippen MR) is 37.5 cm³/mol. The molecule has 1 saturated carbocycles. The summed E-state index contributed by atoms with van der Waals surface area (Å²) in [5.41, 5.74) is 0. The summed E-state index contributed by atoms with van der Waals surface area (Å²) in [5.74, 6) is 0. The van der Waals surface area contributed by atoms with Gasteiger partial charge in [0.05, 0.1) is 0 Å². The van der Waals surface area contributed by atoms with Gasteiger partial charge < -0.3 is 0 Å². The lowest BCUT2D eigenvalue weighted by Gasteiger charge is -2.32. The lowest BCUT2D eigenvalue weighted by Crippen LogP contribution is -2.34. The Hall–Kier alpha value is -0.530. The van der Waals surface area contributed by atoms with Gasteiger partial charge in [-0.25, -0.2) is 0 Å². The van der Waals surface area contributed by atoms with Gasteiger partial charge in [-0.3, -0.25) is 5.01 Å². The van der Waals surface area contributed by atoms with Crippen LogP contribution in [0.5, 0.6) is 0 Å². The maximum absolute atomic E-state index is 4.27. The number of hydrazone groups is 1. The van der Waals surface area contributed by atoms with Gasteiger partial charge in [-0.05, 0) is 19.3 Å². The van der Waals surface area contributed by atoms with Gasteiger partial charge in [-0.1, -0.05) is 0 Å². The van der Waals surface area contributed by atoms with Crippen LogP contribution in [0.3, 0.4) is 0 Å². The monoisotopic (exact) mass is 124 g/mol. The fraction of sp³-hybridized carbons (Fsp3) is 0.857. The van der Waals surface area contributed by atoms with Crippen molar-refractivity contribution in [2.75, 3.05) is 6.54 Å². The third-order valence-electron chi connectivity index (χ3n) is 2.21. The van der Waals surface area contributed by atoms with Gasteiger partial charge in [-0.2, -0.15) is 5.10 Å². The summed E-state index contributed by atoms with van der Waals surface area (Å²) in [7, 11) is 0. The summed E-state index contributed by atoms with van der Waals surface area (Å²) in [6, 6.07) is 0.809. The molecule has 0 aromatic rings. The Labute approximate surface area is 55.5 Å². The summed E-state index contributed by atoms with van der Waals surface area (Å²) in [6.07, 6.45) is 7.35. The third kappa shape index (κ3) is 0.824. The molecular formula is C7H12N2. The number of nitrogens with zero attached hydrogens (tertiary/aromatic N) is 2. The van der Waals surface area contributed by atoms with Gasteiger partial charge in [0.2, 0.25) is 0 Å². The fourth-order valence-electron chi connectivity index (χ4n) is 1.37. The molecule has 50 valence electrons. The molecule has 0 amide bonds. The van der Waals surface area contributed by atoms with Crippen molar-refractivity contribution >= 4 is 6.21 Å². The number of hydrogen-bond donors (Lipinski definition) is 0. The SMILES string of the molecule is C1=NN(C2CCC2)CC1. The van der Waals surface area contributed by atoms with Crippen molar-refractivity contribution in [1.29, 1.82) is 0 Å². The minimum Gasteiger partial charge on any atom is -0.294 e. The van der Waals surface area contributed by atoms with E-state index in [2.05, 4.69) is 10.1 Å². The van der Waals surface area contributed by atoms with Crippen LogP contribution in [0.2, 0.25) is 0 Å². The van der Waals surface area contributed by atoms with Gasteiger partial charge in [0, 0.05) is 25.2 Å². The zero-order valence-electron chi connectivity index (χ0n) is 5.58. The van der Waals surface area contributed by atoms with Crippen LogP contribution in [0.25, 0.3) is 0 Å². The molecule has 1 aliphatic heterocycles. The molecule has 0 bridgehead atoms. The Morgan fingerprint density at radius 2 is 2.33 bits per heavy atom. The molecule has 2 heteroatoms. The van der Waals surface area contributed by atoms with E-state index in [1.165, 1.54) is 25.8 Å². The molecule has 2 nitrogen and oxygen atoms in total. The van der Waals surface area contributed by atoms with Crippen molar-refractivity contribution in [2.45, 2.75) is 31.7 Å². The Bertz CT molecular complexity index is 127. The number of rotatable bonds is 1. The van der Waals surface area contributed by atoms with E-state index >= 15 is 0 Å². The molecule has 0 saturated heterocycles. The maximum Gasteiger partial charge on any atom is 0.0470 e. The Morgan fingerprint density at radius 1 is 1.44 bits per heavy atom. The molecule has 0 spiro atoms. The van der Waals surface area contributed by atoms with E-state index in [0.29, 0.717) is 0 Å². The molecule has 2 rings (SSSR count). The van der Waals surface area contributed by atoms with Gasteiger partial charge in [-0.15, -0.1) is 0 Å². The van der Waals surface area contributed by atoms with Crippen LogP contribution in [-0.2, 0) is 0 Å². The molecule has 1 aliphatic carbocycles. The van der Waals surface area contributed by atoms with Crippen LogP contribution in [0.15, 0.2) is 5.10 Å². The molecule has 0 aromatic heterocycles. The van der Waals surface area contributed by atoms with E-state index in [1.807, 2.05) is 6.21 Å². The van der Waals surface area contributed by atoms with Crippen LogP contribution >= 0.6 is 0 Å². The second-order valence-electron chi connectivity index (χ2n) is 2.83. The largest absolute Gasteiger partial charge is 0.294 e. The number of hydrogen-bond acceptors (Lipinski definition) is 2. The molecule has 1 heterocycles. The molecule has 0 unspecified atom stereocenters. The van der Waals surface area contributed by atoms with Crippen molar-refractivity contribution < 1.29 is 0 Å². The van der Waals surface area contributed by atoms with Crippen LogP contribution in [0.4, 0.5) is 0 Å². The molecular weight excluding hydrogens is 112 g/mol. The lowest BCUT2D eigenvalue weighted by molar-refractivity contribution is 0.147. The van der Waals surface area contributed by atoms with Crippen LogP contribution in [-0.4, -0.2) is 23.8 Å². The first-order valence-electron chi connectivity index (χ1n) is 3.76. The van der Waals surface area contributed by atoms with Gasteiger partial charge in [0.15, 0.2) is 0 Å². The average molecular weight is 124 g/mol. The lowest BCUT2D eigenvalue weighted by atomic mass is 9.93. The van der Waals surface area contributed by atoms with Crippen molar-refractivity contribution in [3.05, 3.63) is 0 Å². The van der Waals surface area contributed by atoms with E-state index < -0.39 is 0 Å². The summed E-state index contributed by atoms with van der Waals surface area (Å²) in [6.45, 7) is 1.17. The first kappa shape index (κ1) is 5.27. The minimum atomic E-state index is 0.809. The van der Waals surface area contributed by atoms with Crippen molar-refractivity contribution in [1.82, 2.24) is 5.01 Å². The molecule has 0 aromatic carbocycles. The maximum atomic E-state index is 4.27. The highest BCUT2D eigenvalue weighted by atomic mass is 15.5. The Kier molecular flexibility index (Phi) is 1.18. The van der Waals surface area contributed by atoms with Crippen LogP contribution in [0, 0.1) is 0 Å². The fourth-order valence-corrected chi connectivity index (χ4v) is 1.37. The molecule has 9 heavy (non-hydrogen) atoms. The highest BCUT2D eigenvalue weighted by Crippen LogP contribution is 2.25. The van der Waals surface area contributed by atoms with E-state index in [-0.39, 0.29) is 0 Å². The summed E-state index contributed by atoms with van der Waals surface area (Å²) >= 11 is 0. The average Bonchev–Trinajstić information content (AvgIpc) is 2.11. The zero-order chi connectivity index (χ0) is 6.10. The van der Waals surface area contributed by atoms with E-state index in [4.69, 9.17) is 0 Å². The highest BCUT2D eigenvalue weighted by molar-refractivity contribution is 5.58. The molecule has 0 radical (unpaired) electrons. The summed E-state index contributed by atoms with van der Waals surface area (Å²) in [4.78, 5) is 0. The molecule has 2 aliphatic rings. The van der Waals surface area contributed by atoms with E-state index in [9.17, 15) is 0 Å². The van der Waals surface area contributed by atoms with Gasteiger partial charge in [0.1, 0.15) is 0 Å². The highest BCUT2D eigenvalue weighted by Gasteiger charge is 2.24. The topological polar surface area (TPSA) is 15.6 Å². The molecule has 0 atom stereocenters. The smallest absolute Gasteiger partial charge is 0.0470 e. The standard InChI is InChI=1S/C7H12N2/c1-3-7(4-1)9-6-2-5-8-9/h5,7H,1-4,6H2. The van der Waals surface area contributed by atoms with Crippen molar-refractivity contribution in [3.63, 3.8) is 0 Å². The van der Waals surface area contributed by atoms with Gasteiger partial charge in [0.25, 0.3) is 0 Å². The zero-order valence-corrected chi connectivity index (χ0v) is 5.58. The van der Waals surface area contributed by atoms with E-state index in [0.717, 1.165) is 12.5 Å². The van der Waals surface area contributed by atoms with Crippen LogP contribution in [0.1, 0.15) is 25.7 Å². The Morgan fingerprint density at radius 3 is 2.78 bits per heavy atom. The van der Waals surface area contributed by atoms with Gasteiger partial charge >= 0.3 is 0 Å². The molecule has 0 N–H and O–H groups in total. The first-order valence-corrected chi connectivity index (χ1v) is 3.76. The van der Waals surface area contributed by atoms with Crippen LogP contribution < -0.4 is 0 Å². The quantitative estimate of drug-likeness (QED) is 0.513. The molecule has 1 fully saturated rings. The van der Waals surface area contributed by atoms with Crippen molar-refractivity contribution in [2.24, 2.45) is 5.10 Å². The third-order valence-corrected chi connectivity index (χ3v) is 2.21. The normalized spacial score (nSPS) is 26.9. The second kappa shape index (κ2) is 2.01. The Balaban J connectivity index is 1.89. The predicted octanol–water partition coefficient (Wildman–Crippen LogP) is 1.23. The van der Waals surface area contributed by atoms with Crippen molar-refractivity contribution in [3.8, 4) is 0 Å². The second-order valence-corrected chi connectivity index (χ2v) is 2.83. The summed E-state index contributed by atoms with van der Waals surface area (Å²) in [5, 5.41) is 6.51. The minimum absolute atomic E-state index is 0.809. The van der Waals surface area contributed by atoms with E-state index in [1.54, 1.807) is 0 Å².